The lowest BCUT2D eigenvalue weighted by Crippen LogP contribution is -2.36. The van der Waals surface area contributed by atoms with Gasteiger partial charge in [-0.1, -0.05) is 0 Å². The summed E-state index contributed by atoms with van der Waals surface area (Å²) in [7, 11) is 1.98. The fraction of sp³-hybridized carbons (Fsp3) is 1.00. The van der Waals surface area contributed by atoms with E-state index in [1.54, 1.807) is 0 Å². The van der Waals surface area contributed by atoms with Gasteiger partial charge in [-0.3, -0.25) is 4.90 Å². The summed E-state index contributed by atoms with van der Waals surface area (Å²) in [4.78, 5) is 4.27. The average molecular weight is 174 g/mol. The van der Waals surface area contributed by atoms with Crippen molar-refractivity contribution in [2.24, 2.45) is 0 Å². The quantitative estimate of drug-likeness (QED) is 0.584. The Bertz CT molecular complexity index is 138. The van der Waals surface area contributed by atoms with Crippen LogP contribution in [0.15, 0.2) is 0 Å². The van der Waals surface area contributed by atoms with Crippen molar-refractivity contribution in [1.82, 2.24) is 9.80 Å². The Morgan fingerprint density at radius 1 is 1.25 bits per heavy atom. The van der Waals surface area contributed by atoms with Crippen LogP contribution in [0.2, 0.25) is 0 Å². The lowest BCUT2D eigenvalue weighted by atomic mass is 10.3. The molecule has 0 bridgehead atoms. The zero-order valence-corrected chi connectivity index (χ0v) is 8.26. The molecular formula is C9H19FN2. The summed E-state index contributed by atoms with van der Waals surface area (Å²) in [5.74, 6) is 0. The molecule has 0 aromatic heterocycles. The van der Waals surface area contributed by atoms with E-state index >= 15 is 0 Å². The number of hydrogen-bond donors (Lipinski definition) is 0. The molecule has 1 rings (SSSR count). The van der Waals surface area contributed by atoms with Crippen LogP contribution in [0.3, 0.4) is 0 Å². The molecule has 0 N–H and O–H groups in total. The van der Waals surface area contributed by atoms with Crippen molar-refractivity contribution in [3.8, 4) is 0 Å². The van der Waals surface area contributed by atoms with E-state index in [0.717, 1.165) is 13.1 Å². The highest BCUT2D eigenvalue weighted by Gasteiger charge is 2.21. The van der Waals surface area contributed by atoms with Gasteiger partial charge < -0.3 is 4.90 Å². The summed E-state index contributed by atoms with van der Waals surface area (Å²) >= 11 is 0. The Labute approximate surface area is 74.3 Å². The first-order valence-corrected chi connectivity index (χ1v) is 4.66. The molecule has 0 aromatic rings. The molecular weight excluding hydrogens is 155 g/mol. The van der Waals surface area contributed by atoms with Gasteiger partial charge in [-0.15, -0.1) is 0 Å². The minimum absolute atomic E-state index is 0.467. The summed E-state index contributed by atoms with van der Waals surface area (Å²) in [6.45, 7) is 7.41. The average Bonchev–Trinajstić information content (AvgIpc) is 2.11. The van der Waals surface area contributed by atoms with E-state index in [4.69, 9.17) is 0 Å². The van der Waals surface area contributed by atoms with Crippen molar-refractivity contribution >= 4 is 0 Å². The number of likely N-dealkylation sites (N-methyl/N-ethyl adjacent to an activating group) is 1. The van der Waals surface area contributed by atoms with Gasteiger partial charge in [0.2, 0.25) is 0 Å². The minimum Gasteiger partial charge on any atom is -0.302 e. The summed E-state index contributed by atoms with van der Waals surface area (Å²) < 4.78 is 13.2. The molecule has 1 atom stereocenters. The van der Waals surface area contributed by atoms with Crippen molar-refractivity contribution in [1.29, 1.82) is 0 Å². The van der Waals surface area contributed by atoms with E-state index in [-0.39, 0.29) is 0 Å². The van der Waals surface area contributed by atoms with Crippen LogP contribution in [-0.4, -0.2) is 55.2 Å². The summed E-state index contributed by atoms with van der Waals surface area (Å²) in [6, 6.07) is 0.467. The highest BCUT2D eigenvalue weighted by atomic mass is 19.1. The number of rotatable bonds is 1. The van der Waals surface area contributed by atoms with Gasteiger partial charge in [0.25, 0.3) is 0 Å². The van der Waals surface area contributed by atoms with Crippen LogP contribution >= 0.6 is 0 Å². The molecule has 0 saturated carbocycles. The second-order valence-electron chi connectivity index (χ2n) is 3.95. The molecule has 0 amide bonds. The molecule has 1 fully saturated rings. The number of nitrogens with zero attached hydrogens (tertiary/aromatic N) is 2. The number of halogens is 1. The third-order valence-electron chi connectivity index (χ3n) is 2.44. The van der Waals surface area contributed by atoms with E-state index in [1.807, 2.05) is 7.05 Å². The molecule has 72 valence electrons. The third-order valence-corrected chi connectivity index (χ3v) is 2.44. The molecule has 1 aliphatic rings. The van der Waals surface area contributed by atoms with E-state index in [9.17, 15) is 4.39 Å². The topological polar surface area (TPSA) is 6.48 Å². The maximum absolute atomic E-state index is 13.2. The fourth-order valence-corrected chi connectivity index (χ4v) is 1.60. The van der Waals surface area contributed by atoms with Gasteiger partial charge in [0.05, 0.1) is 0 Å². The van der Waals surface area contributed by atoms with Crippen molar-refractivity contribution in [3.05, 3.63) is 0 Å². The molecule has 0 spiro atoms. The van der Waals surface area contributed by atoms with E-state index in [0.29, 0.717) is 19.1 Å². The zero-order chi connectivity index (χ0) is 9.14. The minimum atomic E-state index is -0.681. The molecule has 1 aliphatic heterocycles. The lowest BCUT2D eigenvalue weighted by Gasteiger charge is -2.24. The summed E-state index contributed by atoms with van der Waals surface area (Å²) in [5.41, 5.74) is 0. The van der Waals surface area contributed by atoms with Crippen molar-refractivity contribution in [2.75, 3.05) is 33.2 Å². The molecule has 1 unspecified atom stereocenters. The highest BCUT2D eigenvalue weighted by Crippen LogP contribution is 2.07. The predicted octanol–water partition coefficient (Wildman–Crippen LogP) is 0.980. The first kappa shape index (κ1) is 9.93. The van der Waals surface area contributed by atoms with E-state index < -0.39 is 6.17 Å². The van der Waals surface area contributed by atoms with Crippen LogP contribution in [0.1, 0.15) is 13.8 Å². The fourth-order valence-electron chi connectivity index (χ4n) is 1.60. The molecule has 0 aliphatic carbocycles. The molecule has 0 aromatic carbocycles. The van der Waals surface area contributed by atoms with Crippen LogP contribution in [0.4, 0.5) is 4.39 Å². The Morgan fingerprint density at radius 2 is 1.92 bits per heavy atom. The first-order chi connectivity index (χ1) is 5.59. The van der Waals surface area contributed by atoms with Crippen molar-refractivity contribution in [3.63, 3.8) is 0 Å². The first-order valence-electron chi connectivity index (χ1n) is 4.66. The Morgan fingerprint density at radius 3 is 2.50 bits per heavy atom. The van der Waals surface area contributed by atoms with Crippen LogP contribution in [0.25, 0.3) is 0 Å². The molecule has 3 heteroatoms. The molecule has 1 heterocycles. The van der Waals surface area contributed by atoms with Crippen molar-refractivity contribution in [2.45, 2.75) is 26.1 Å². The second-order valence-corrected chi connectivity index (χ2v) is 3.95. The number of alkyl halides is 1. The van der Waals surface area contributed by atoms with Gasteiger partial charge >= 0.3 is 0 Å². The molecule has 0 radical (unpaired) electrons. The van der Waals surface area contributed by atoms with Gasteiger partial charge in [0, 0.05) is 32.2 Å². The maximum Gasteiger partial charge on any atom is 0.125 e. The van der Waals surface area contributed by atoms with Crippen LogP contribution in [0.5, 0.6) is 0 Å². The monoisotopic (exact) mass is 174 g/mol. The lowest BCUT2D eigenvalue weighted by molar-refractivity contribution is 0.180. The van der Waals surface area contributed by atoms with E-state index in [1.165, 1.54) is 0 Å². The standard InChI is InChI=1S/C9H19FN2/c1-8(2)12-5-4-11(3)6-9(10)7-12/h8-9H,4-7H2,1-3H3. The Balaban J connectivity index is 2.46. The van der Waals surface area contributed by atoms with Gasteiger partial charge in [0.15, 0.2) is 0 Å². The van der Waals surface area contributed by atoms with E-state index in [2.05, 4.69) is 23.6 Å². The Kier molecular flexibility index (Phi) is 3.47. The second kappa shape index (κ2) is 4.19. The normalized spacial score (nSPS) is 29.2. The zero-order valence-electron chi connectivity index (χ0n) is 8.26. The largest absolute Gasteiger partial charge is 0.302 e. The highest BCUT2D eigenvalue weighted by molar-refractivity contribution is 4.75. The maximum atomic E-state index is 13.2. The van der Waals surface area contributed by atoms with Gasteiger partial charge in [-0.2, -0.15) is 0 Å². The van der Waals surface area contributed by atoms with Crippen LogP contribution in [0, 0.1) is 0 Å². The SMILES string of the molecule is CC(C)N1CCN(C)CC(F)C1. The molecule has 2 nitrogen and oxygen atoms in total. The van der Waals surface area contributed by atoms with Crippen molar-refractivity contribution < 1.29 is 4.39 Å². The summed E-state index contributed by atoms with van der Waals surface area (Å²) in [5, 5.41) is 0. The summed E-state index contributed by atoms with van der Waals surface area (Å²) in [6.07, 6.45) is -0.681. The number of hydrogen-bond acceptors (Lipinski definition) is 2. The smallest absolute Gasteiger partial charge is 0.125 e. The predicted molar refractivity (Wildman–Crippen MR) is 49.1 cm³/mol. The Hall–Kier alpha value is -0.150. The van der Waals surface area contributed by atoms with Gasteiger partial charge in [-0.25, -0.2) is 4.39 Å². The van der Waals surface area contributed by atoms with Gasteiger partial charge in [0.1, 0.15) is 6.17 Å². The molecule has 12 heavy (non-hydrogen) atoms. The van der Waals surface area contributed by atoms with Crippen LogP contribution in [-0.2, 0) is 0 Å². The van der Waals surface area contributed by atoms with Crippen LogP contribution < -0.4 is 0 Å². The van der Waals surface area contributed by atoms with Gasteiger partial charge in [-0.05, 0) is 20.9 Å². The third kappa shape index (κ3) is 2.72. The molecule has 1 saturated heterocycles.